The Kier molecular flexibility index (Phi) is 3.85. The Morgan fingerprint density at radius 2 is 2.07 bits per heavy atom. The average Bonchev–Trinajstić information content (AvgIpc) is 3.33. The summed E-state index contributed by atoms with van der Waals surface area (Å²) in [4.78, 5) is 28.2. The van der Waals surface area contributed by atoms with Crippen molar-refractivity contribution in [2.75, 3.05) is 6.61 Å². The van der Waals surface area contributed by atoms with E-state index in [4.69, 9.17) is 14.2 Å². The van der Waals surface area contributed by atoms with Crippen LogP contribution >= 0.6 is 0 Å². The molecule has 3 aromatic heterocycles. The van der Waals surface area contributed by atoms with Gasteiger partial charge in [0, 0.05) is 6.20 Å². The number of hydrogen-bond donors (Lipinski definition) is 2. The first-order chi connectivity index (χ1) is 13.5. The largest absolute Gasteiger partial charge is 0.394 e. The van der Waals surface area contributed by atoms with Gasteiger partial charge in [0.15, 0.2) is 29.0 Å². The molecule has 2 aliphatic heterocycles. The van der Waals surface area contributed by atoms with Crippen LogP contribution in [0.4, 0.5) is 0 Å². The van der Waals surface area contributed by atoms with Gasteiger partial charge in [-0.15, -0.1) is 0 Å². The summed E-state index contributed by atoms with van der Waals surface area (Å²) in [6.07, 6.45) is 1.03. The molecule has 0 spiro atoms. The molecule has 0 saturated carbocycles. The van der Waals surface area contributed by atoms with Crippen molar-refractivity contribution < 1.29 is 19.3 Å². The van der Waals surface area contributed by atoms with Gasteiger partial charge in [-0.05, 0) is 26.0 Å². The van der Waals surface area contributed by atoms with Crippen LogP contribution in [0, 0.1) is 0 Å². The lowest BCUT2D eigenvalue weighted by atomic mass is 10.1. The van der Waals surface area contributed by atoms with E-state index in [2.05, 4.69) is 19.9 Å². The summed E-state index contributed by atoms with van der Waals surface area (Å²) in [5, 5.41) is 9.68. The molecule has 5 rings (SSSR count). The molecule has 0 radical (unpaired) electrons. The number of hydrogen-bond acceptors (Lipinski definition) is 8. The van der Waals surface area contributed by atoms with E-state index in [1.165, 1.54) is 6.33 Å². The van der Waals surface area contributed by atoms with Crippen LogP contribution in [0.2, 0.25) is 0 Å². The van der Waals surface area contributed by atoms with Crippen LogP contribution < -0.4 is 5.56 Å². The van der Waals surface area contributed by atoms with Crippen LogP contribution in [0.1, 0.15) is 20.1 Å². The van der Waals surface area contributed by atoms with Crippen LogP contribution in [0.25, 0.3) is 22.7 Å². The van der Waals surface area contributed by atoms with E-state index in [-0.39, 0.29) is 17.7 Å². The second-order valence-electron chi connectivity index (χ2n) is 7.27. The Balaban J connectivity index is 1.62. The first-order valence-corrected chi connectivity index (χ1v) is 8.97. The van der Waals surface area contributed by atoms with E-state index in [0.29, 0.717) is 17.2 Å². The van der Waals surface area contributed by atoms with Crippen molar-refractivity contribution in [1.82, 2.24) is 24.5 Å². The lowest BCUT2D eigenvalue weighted by Gasteiger charge is -2.24. The van der Waals surface area contributed by atoms with Crippen LogP contribution in [0.5, 0.6) is 0 Å². The fourth-order valence-electron chi connectivity index (χ4n) is 3.77. The number of ether oxygens (including phenoxy) is 3. The van der Waals surface area contributed by atoms with Gasteiger partial charge in [0.25, 0.3) is 5.56 Å². The molecule has 146 valence electrons. The monoisotopic (exact) mass is 385 g/mol. The van der Waals surface area contributed by atoms with Gasteiger partial charge >= 0.3 is 0 Å². The standard InChI is InChI=1S/C18H19N5O5/c1-18(2)27-12-10(7-24)26-17(13(12)28-18)23-8-20-11-15(23)21-14(22-16(11)25)9-5-3-4-6-19-9/h3-6,8,10,12-13,17,24H,7H2,1-2H3,(H,21,22,25)/t10-,12-,13-,17?/m1/s1. The highest BCUT2D eigenvalue weighted by Gasteiger charge is 2.56. The number of fused-ring (bicyclic) bond motifs is 2. The number of imidazole rings is 1. The highest BCUT2D eigenvalue weighted by atomic mass is 16.8. The molecule has 0 bridgehead atoms. The minimum Gasteiger partial charge on any atom is -0.394 e. The van der Waals surface area contributed by atoms with Gasteiger partial charge in [-0.2, -0.15) is 0 Å². The topological polar surface area (TPSA) is 124 Å². The van der Waals surface area contributed by atoms with Gasteiger partial charge in [-0.25, -0.2) is 9.97 Å². The van der Waals surface area contributed by atoms with Crippen molar-refractivity contribution in [1.29, 1.82) is 0 Å². The predicted octanol–water partition coefficient (Wildman–Crippen LogP) is 0.591. The summed E-state index contributed by atoms with van der Waals surface area (Å²) in [5.74, 6) is -0.470. The minimum absolute atomic E-state index is 0.186. The lowest BCUT2D eigenvalue weighted by Crippen LogP contribution is -2.31. The van der Waals surface area contributed by atoms with Crippen LogP contribution in [-0.4, -0.2) is 60.3 Å². The number of aliphatic hydroxyl groups is 1. The highest BCUT2D eigenvalue weighted by molar-refractivity contribution is 5.72. The van der Waals surface area contributed by atoms with Gasteiger partial charge in [-0.3, -0.25) is 14.3 Å². The zero-order chi connectivity index (χ0) is 19.5. The minimum atomic E-state index is -0.800. The average molecular weight is 385 g/mol. The number of H-pyrrole nitrogens is 1. The number of nitrogens with one attached hydrogen (secondary N) is 1. The molecule has 0 aromatic carbocycles. The molecule has 2 saturated heterocycles. The molecule has 2 fully saturated rings. The second-order valence-corrected chi connectivity index (χ2v) is 7.27. The molecule has 28 heavy (non-hydrogen) atoms. The van der Waals surface area contributed by atoms with E-state index >= 15 is 0 Å². The third kappa shape index (κ3) is 2.65. The van der Waals surface area contributed by atoms with Gasteiger partial charge < -0.3 is 24.3 Å². The number of nitrogens with zero attached hydrogens (tertiary/aromatic N) is 4. The van der Waals surface area contributed by atoms with Gasteiger partial charge in [-0.1, -0.05) is 6.07 Å². The SMILES string of the molecule is CC1(C)O[C@@H]2[C@@H](CO)OC(n3cnc4c(=O)[nH]c(-c5ccccn5)nc43)[C@@H]2O1. The summed E-state index contributed by atoms with van der Waals surface area (Å²) < 4.78 is 19.5. The van der Waals surface area contributed by atoms with Crippen LogP contribution in [-0.2, 0) is 14.2 Å². The summed E-state index contributed by atoms with van der Waals surface area (Å²) in [7, 11) is 0. The fourth-order valence-corrected chi connectivity index (χ4v) is 3.77. The third-order valence-corrected chi connectivity index (χ3v) is 4.92. The molecular weight excluding hydrogens is 366 g/mol. The quantitative estimate of drug-likeness (QED) is 0.671. The molecule has 10 nitrogen and oxygen atoms in total. The Hall–Kier alpha value is -2.66. The summed E-state index contributed by atoms with van der Waals surface area (Å²) in [6, 6.07) is 5.35. The Morgan fingerprint density at radius 1 is 1.25 bits per heavy atom. The Labute approximate surface area is 159 Å². The number of aromatic amines is 1. The predicted molar refractivity (Wildman–Crippen MR) is 96.2 cm³/mol. The zero-order valence-corrected chi connectivity index (χ0v) is 15.3. The molecule has 3 aromatic rings. The number of rotatable bonds is 3. The van der Waals surface area contributed by atoms with Crippen LogP contribution in [0.3, 0.4) is 0 Å². The van der Waals surface area contributed by atoms with Gasteiger partial charge in [0.1, 0.15) is 24.0 Å². The van der Waals surface area contributed by atoms with Crippen molar-refractivity contribution >= 4 is 11.2 Å². The maximum absolute atomic E-state index is 12.5. The smallest absolute Gasteiger partial charge is 0.279 e. The molecule has 1 unspecified atom stereocenters. The summed E-state index contributed by atoms with van der Waals surface area (Å²) in [6.45, 7) is 3.41. The molecule has 0 amide bonds. The van der Waals surface area contributed by atoms with Gasteiger partial charge in [0.2, 0.25) is 0 Å². The van der Waals surface area contributed by atoms with Crippen molar-refractivity contribution in [2.24, 2.45) is 0 Å². The van der Waals surface area contributed by atoms with E-state index in [9.17, 15) is 9.90 Å². The van der Waals surface area contributed by atoms with E-state index in [1.54, 1.807) is 22.9 Å². The first kappa shape index (κ1) is 17.4. The molecule has 5 heterocycles. The van der Waals surface area contributed by atoms with Crippen molar-refractivity contribution in [3.63, 3.8) is 0 Å². The number of aromatic nitrogens is 5. The first-order valence-electron chi connectivity index (χ1n) is 8.97. The van der Waals surface area contributed by atoms with Crippen molar-refractivity contribution in [2.45, 2.75) is 44.2 Å². The molecule has 0 aliphatic carbocycles. The lowest BCUT2D eigenvalue weighted by molar-refractivity contribution is -0.199. The van der Waals surface area contributed by atoms with Crippen molar-refractivity contribution in [3.05, 3.63) is 41.1 Å². The molecular formula is C18H19N5O5. The summed E-state index contributed by atoms with van der Waals surface area (Å²) in [5.41, 5.74) is 0.696. The zero-order valence-electron chi connectivity index (χ0n) is 15.3. The van der Waals surface area contributed by atoms with E-state index in [0.717, 1.165) is 0 Å². The van der Waals surface area contributed by atoms with E-state index < -0.39 is 30.3 Å². The summed E-state index contributed by atoms with van der Waals surface area (Å²) >= 11 is 0. The highest BCUT2D eigenvalue weighted by Crippen LogP contribution is 2.43. The fraction of sp³-hybridized carbons (Fsp3) is 0.444. The van der Waals surface area contributed by atoms with Crippen LogP contribution in [0.15, 0.2) is 35.5 Å². The van der Waals surface area contributed by atoms with Gasteiger partial charge in [0.05, 0.1) is 12.9 Å². The Morgan fingerprint density at radius 3 is 2.82 bits per heavy atom. The number of aliphatic hydroxyl groups excluding tert-OH is 1. The molecule has 4 atom stereocenters. The van der Waals surface area contributed by atoms with Crippen molar-refractivity contribution in [3.8, 4) is 11.5 Å². The molecule has 2 N–H and O–H groups in total. The molecule has 10 heteroatoms. The van der Waals surface area contributed by atoms with E-state index in [1.807, 2.05) is 19.9 Å². The Bertz CT molecular complexity index is 1080. The molecule has 2 aliphatic rings. The maximum atomic E-state index is 12.5. The maximum Gasteiger partial charge on any atom is 0.279 e. The normalized spacial score (nSPS) is 28.7. The second kappa shape index (κ2) is 6.17. The number of pyridine rings is 1. The third-order valence-electron chi connectivity index (χ3n) is 4.92.